The average molecular weight is 452 g/mol. The molecule has 0 atom stereocenters. The molecule has 0 radical (unpaired) electrons. The Kier molecular flexibility index (Phi) is 9.60. The van der Waals surface area contributed by atoms with E-state index in [1.807, 2.05) is 57.2 Å². The summed E-state index contributed by atoms with van der Waals surface area (Å²) in [6, 6.07) is 11.6. The number of aryl methyl sites for hydroxylation is 3. The highest BCUT2D eigenvalue weighted by Gasteiger charge is 2.22. The maximum absolute atomic E-state index is 13.3. The van der Waals surface area contributed by atoms with Crippen LogP contribution in [0.1, 0.15) is 52.4 Å². The van der Waals surface area contributed by atoms with Crippen LogP contribution in [0.25, 0.3) is 0 Å². The van der Waals surface area contributed by atoms with Crippen LogP contribution in [0.2, 0.25) is 0 Å². The fraction of sp³-hybridized carbons (Fsp3) is 0.308. The van der Waals surface area contributed by atoms with Crippen molar-refractivity contribution in [2.75, 3.05) is 13.2 Å². The summed E-state index contributed by atoms with van der Waals surface area (Å²) in [7, 11) is 0. The molecule has 0 saturated carbocycles. The van der Waals surface area contributed by atoms with Crippen molar-refractivity contribution in [3.8, 4) is 5.75 Å². The van der Waals surface area contributed by atoms with Crippen LogP contribution < -0.4 is 10.6 Å². The number of amides is 1. The zero-order valence-electron chi connectivity index (χ0n) is 19.5. The predicted molar refractivity (Wildman–Crippen MR) is 136 cm³/mol. The molecule has 0 fully saturated rings. The molecule has 0 spiro atoms. The van der Waals surface area contributed by atoms with Crippen LogP contribution in [0, 0.1) is 20.8 Å². The molecule has 1 amide bonds. The molecule has 170 valence electrons. The lowest BCUT2D eigenvalue weighted by molar-refractivity contribution is 0.0815. The van der Waals surface area contributed by atoms with Crippen LogP contribution in [-0.2, 0) is 0 Å². The molecule has 0 saturated heterocycles. The topological polar surface area (TPSA) is 67.9 Å². The molecule has 0 aliphatic carbocycles. The number of ether oxygens (including phenoxy) is 1. The Morgan fingerprint density at radius 1 is 1.19 bits per heavy atom. The summed E-state index contributed by atoms with van der Waals surface area (Å²) in [5.41, 5.74) is 4.43. The molecular weight excluding hydrogens is 418 g/mol. The van der Waals surface area contributed by atoms with Crippen LogP contribution in [0.3, 0.4) is 0 Å². The maximum Gasteiger partial charge on any atom is 0.258 e. The molecule has 0 aliphatic rings. The van der Waals surface area contributed by atoms with Gasteiger partial charge in [-0.1, -0.05) is 62.5 Å². The van der Waals surface area contributed by atoms with Gasteiger partial charge in [0.05, 0.1) is 5.03 Å². The van der Waals surface area contributed by atoms with Gasteiger partial charge in [0, 0.05) is 17.7 Å². The number of thioether (sulfide) groups is 1. The third kappa shape index (κ3) is 6.26. The quantitative estimate of drug-likeness (QED) is 0.159. The first-order valence-corrected chi connectivity index (χ1v) is 11.5. The summed E-state index contributed by atoms with van der Waals surface area (Å²) in [4.78, 5) is 15.1. The number of hydrazone groups is 1. The standard InChI is InChI=1S/C26H33N3O2S/c1-7-9-14-29(26(30)23-13-11-10-12-18(23)3)21(6)32-25(28-27)22-16-19(4)24(20(5)17-22)31-15-8-2/h8,10-13,16-17H,2,6-7,9,14-15,27H2,1,3-5H3/b28-25-. The van der Waals surface area contributed by atoms with E-state index in [4.69, 9.17) is 10.6 Å². The van der Waals surface area contributed by atoms with Gasteiger partial charge in [0.15, 0.2) is 0 Å². The van der Waals surface area contributed by atoms with Crippen molar-refractivity contribution < 1.29 is 9.53 Å². The van der Waals surface area contributed by atoms with Crippen molar-refractivity contribution in [3.05, 3.63) is 88.5 Å². The summed E-state index contributed by atoms with van der Waals surface area (Å²) in [6.07, 6.45) is 3.56. The highest BCUT2D eigenvalue weighted by atomic mass is 32.2. The lowest BCUT2D eigenvalue weighted by Crippen LogP contribution is -2.31. The molecule has 0 unspecified atom stereocenters. The summed E-state index contributed by atoms with van der Waals surface area (Å²) in [5, 5.41) is 5.20. The summed E-state index contributed by atoms with van der Waals surface area (Å²) >= 11 is 1.30. The molecule has 32 heavy (non-hydrogen) atoms. The second kappa shape index (κ2) is 12.2. The molecule has 2 aromatic carbocycles. The Labute approximate surface area is 196 Å². The Balaban J connectivity index is 2.30. The summed E-state index contributed by atoms with van der Waals surface area (Å²) in [5.74, 6) is 6.52. The fourth-order valence-corrected chi connectivity index (χ4v) is 4.18. The second-order valence-corrected chi connectivity index (χ2v) is 8.66. The molecule has 0 aromatic heterocycles. The first kappa shape index (κ1) is 25.3. The van der Waals surface area contributed by atoms with Gasteiger partial charge in [-0.05, 0) is 62.1 Å². The number of nitrogens with two attached hydrogens (primary N) is 1. The first-order valence-electron chi connectivity index (χ1n) is 10.7. The smallest absolute Gasteiger partial charge is 0.258 e. The summed E-state index contributed by atoms with van der Waals surface area (Å²) in [6.45, 7) is 16.9. The van der Waals surface area contributed by atoms with E-state index in [1.165, 1.54) is 11.8 Å². The number of hydrogen-bond donors (Lipinski definition) is 1. The van der Waals surface area contributed by atoms with Crippen LogP contribution in [0.5, 0.6) is 5.75 Å². The SMILES string of the molecule is C=CCOc1c(C)cc(/C(=N/N)SC(=C)N(CCCC)C(=O)c2ccccc2C)cc1C. The fourth-order valence-electron chi connectivity index (χ4n) is 3.38. The zero-order chi connectivity index (χ0) is 23.7. The van der Waals surface area contributed by atoms with E-state index in [9.17, 15) is 4.79 Å². The van der Waals surface area contributed by atoms with E-state index in [1.54, 1.807) is 11.0 Å². The highest BCUT2D eigenvalue weighted by molar-refractivity contribution is 8.17. The van der Waals surface area contributed by atoms with Gasteiger partial charge in [0.1, 0.15) is 17.4 Å². The van der Waals surface area contributed by atoms with E-state index >= 15 is 0 Å². The second-order valence-electron chi connectivity index (χ2n) is 7.59. The van der Waals surface area contributed by atoms with Gasteiger partial charge < -0.3 is 15.5 Å². The average Bonchev–Trinajstić information content (AvgIpc) is 2.77. The monoisotopic (exact) mass is 451 g/mol. The number of hydrogen-bond acceptors (Lipinski definition) is 5. The largest absolute Gasteiger partial charge is 0.489 e. The van der Waals surface area contributed by atoms with E-state index in [-0.39, 0.29) is 5.91 Å². The van der Waals surface area contributed by atoms with Crippen molar-refractivity contribution in [3.63, 3.8) is 0 Å². The molecule has 0 aliphatic heterocycles. The Morgan fingerprint density at radius 3 is 2.41 bits per heavy atom. The molecule has 2 N–H and O–H groups in total. The number of nitrogens with zero attached hydrogens (tertiary/aromatic N) is 2. The van der Waals surface area contributed by atoms with Gasteiger partial charge in [0.2, 0.25) is 0 Å². The van der Waals surface area contributed by atoms with Crippen molar-refractivity contribution in [1.29, 1.82) is 0 Å². The Morgan fingerprint density at radius 2 is 1.84 bits per heavy atom. The normalized spacial score (nSPS) is 11.2. The van der Waals surface area contributed by atoms with Gasteiger partial charge in [-0.2, -0.15) is 5.10 Å². The third-order valence-corrected chi connectivity index (χ3v) is 6.03. The van der Waals surface area contributed by atoms with E-state index in [0.29, 0.717) is 28.8 Å². The van der Waals surface area contributed by atoms with E-state index in [0.717, 1.165) is 40.8 Å². The van der Waals surface area contributed by atoms with Gasteiger partial charge in [0.25, 0.3) is 5.91 Å². The first-order chi connectivity index (χ1) is 15.3. The van der Waals surface area contributed by atoms with Crippen molar-refractivity contribution in [1.82, 2.24) is 4.90 Å². The minimum atomic E-state index is -0.0639. The molecule has 0 heterocycles. The molecule has 2 aromatic rings. The summed E-state index contributed by atoms with van der Waals surface area (Å²) < 4.78 is 5.77. The van der Waals surface area contributed by atoms with E-state index in [2.05, 4.69) is 25.2 Å². The number of benzene rings is 2. The maximum atomic E-state index is 13.3. The number of rotatable bonds is 10. The zero-order valence-corrected chi connectivity index (χ0v) is 20.3. The number of carbonyl (C=O) groups is 1. The Bertz CT molecular complexity index is 991. The lowest BCUT2D eigenvalue weighted by Gasteiger charge is -2.25. The third-order valence-electron chi connectivity index (χ3n) is 5.04. The lowest BCUT2D eigenvalue weighted by atomic mass is 10.1. The van der Waals surface area contributed by atoms with Crippen LogP contribution in [-0.4, -0.2) is 29.0 Å². The van der Waals surface area contributed by atoms with E-state index < -0.39 is 0 Å². The Hall–Kier alpha value is -2.99. The highest BCUT2D eigenvalue weighted by Crippen LogP contribution is 2.31. The number of carbonyl (C=O) groups excluding carboxylic acids is 1. The molecule has 2 rings (SSSR count). The molecule has 0 bridgehead atoms. The molecule has 5 nitrogen and oxygen atoms in total. The van der Waals surface area contributed by atoms with Crippen LogP contribution in [0.15, 0.2) is 65.8 Å². The molecule has 6 heteroatoms. The van der Waals surface area contributed by atoms with Crippen LogP contribution >= 0.6 is 11.8 Å². The van der Waals surface area contributed by atoms with Gasteiger partial charge >= 0.3 is 0 Å². The minimum absolute atomic E-state index is 0.0639. The van der Waals surface area contributed by atoms with Gasteiger partial charge in [-0.15, -0.1) is 0 Å². The van der Waals surface area contributed by atoms with Crippen LogP contribution in [0.4, 0.5) is 0 Å². The van der Waals surface area contributed by atoms with Crippen molar-refractivity contribution >= 4 is 22.7 Å². The number of unbranched alkanes of at least 4 members (excludes halogenated alkanes) is 1. The predicted octanol–water partition coefficient (Wildman–Crippen LogP) is 5.94. The van der Waals surface area contributed by atoms with Crippen molar-refractivity contribution in [2.24, 2.45) is 10.9 Å². The van der Waals surface area contributed by atoms with Crippen molar-refractivity contribution in [2.45, 2.75) is 40.5 Å². The van der Waals surface area contributed by atoms with Gasteiger partial charge in [-0.25, -0.2) is 0 Å². The van der Waals surface area contributed by atoms with Gasteiger partial charge in [-0.3, -0.25) is 4.79 Å². The molecular formula is C26H33N3O2S. The minimum Gasteiger partial charge on any atom is -0.489 e.